The first-order chi connectivity index (χ1) is 18.9. The average molecular weight is 562 g/mol. The minimum Gasteiger partial charge on any atom is -0.491 e. The highest BCUT2D eigenvalue weighted by Gasteiger charge is 2.38. The molecule has 0 aliphatic carbocycles. The molecule has 2 aliphatic rings. The Morgan fingerprint density at radius 2 is 1.80 bits per heavy atom. The number of aliphatic hydroxyl groups is 1. The molecule has 0 bridgehead atoms. The number of nitrogens with zero attached hydrogens (tertiary/aromatic N) is 1. The van der Waals surface area contributed by atoms with Gasteiger partial charge in [-0.05, 0) is 71.0 Å². The Hall–Kier alpha value is -3.13. The fourth-order valence-corrected chi connectivity index (χ4v) is 6.96. The molecule has 0 amide bonds. The molecule has 40 heavy (non-hydrogen) atoms. The zero-order chi connectivity index (χ0) is 28.8. The van der Waals surface area contributed by atoms with Crippen LogP contribution in [0.25, 0.3) is 11.1 Å². The van der Waals surface area contributed by atoms with E-state index in [-0.39, 0.29) is 34.9 Å². The lowest BCUT2D eigenvalue weighted by molar-refractivity contribution is -0.173. The molecule has 5 rings (SSSR count). The molecule has 6 nitrogen and oxygen atoms in total. The summed E-state index contributed by atoms with van der Waals surface area (Å²) < 4.78 is 40.5. The second-order valence-electron chi connectivity index (χ2n) is 11.8. The second-order valence-corrected chi connectivity index (χ2v) is 13.7. The monoisotopic (exact) mass is 561 g/mol. The number of aryl methyl sites for hydroxylation is 1. The van der Waals surface area contributed by atoms with Gasteiger partial charge in [-0.2, -0.15) is 0 Å². The Morgan fingerprint density at radius 3 is 2.38 bits per heavy atom. The van der Waals surface area contributed by atoms with E-state index in [9.17, 15) is 13.5 Å². The lowest BCUT2D eigenvalue weighted by Gasteiger charge is -2.32. The summed E-state index contributed by atoms with van der Waals surface area (Å²) in [5, 5.41) is 9.71. The number of ether oxygens (including phenoxy) is 2. The Morgan fingerprint density at radius 1 is 1.10 bits per heavy atom. The molecular formula is C33H39NO5S. The zero-order valence-electron chi connectivity index (χ0n) is 23.9. The van der Waals surface area contributed by atoms with Crippen molar-refractivity contribution in [2.75, 3.05) is 24.1 Å². The Bertz CT molecular complexity index is 1510. The molecule has 1 fully saturated rings. The quantitative estimate of drug-likeness (QED) is 0.314. The first kappa shape index (κ1) is 28.4. The number of aliphatic hydroxyl groups excluding tert-OH is 1. The highest BCUT2D eigenvalue weighted by Crippen LogP contribution is 2.45. The van der Waals surface area contributed by atoms with Gasteiger partial charge >= 0.3 is 0 Å². The van der Waals surface area contributed by atoms with E-state index >= 15 is 0 Å². The first-order valence-electron chi connectivity index (χ1n) is 13.9. The molecule has 2 heterocycles. The largest absolute Gasteiger partial charge is 0.491 e. The van der Waals surface area contributed by atoms with Crippen molar-refractivity contribution in [2.45, 2.75) is 63.1 Å². The lowest BCUT2D eigenvalue weighted by Crippen LogP contribution is -2.48. The van der Waals surface area contributed by atoms with Gasteiger partial charge in [0.1, 0.15) is 24.6 Å². The third-order valence-electron chi connectivity index (χ3n) is 8.38. The van der Waals surface area contributed by atoms with Gasteiger partial charge in [-0.1, -0.05) is 64.1 Å². The summed E-state index contributed by atoms with van der Waals surface area (Å²) in [5.41, 5.74) is 5.78. The number of benzene rings is 3. The van der Waals surface area contributed by atoms with Crippen LogP contribution in [-0.4, -0.2) is 45.5 Å². The molecule has 3 aromatic rings. The van der Waals surface area contributed by atoms with E-state index < -0.39 is 16.1 Å². The minimum absolute atomic E-state index is 0.0845. The molecule has 1 saturated heterocycles. The topological polar surface area (TPSA) is 76.1 Å². The van der Waals surface area contributed by atoms with Crippen molar-refractivity contribution in [1.82, 2.24) is 0 Å². The predicted octanol–water partition coefficient (Wildman–Crippen LogP) is 6.21. The van der Waals surface area contributed by atoms with Crippen LogP contribution >= 0.6 is 0 Å². The average Bonchev–Trinajstić information content (AvgIpc) is 3.33. The molecule has 2 aliphatic heterocycles. The van der Waals surface area contributed by atoms with Crippen LogP contribution < -0.4 is 9.04 Å². The van der Waals surface area contributed by atoms with Crippen molar-refractivity contribution in [2.24, 2.45) is 5.92 Å². The molecule has 0 spiro atoms. The van der Waals surface area contributed by atoms with Gasteiger partial charge in [-0.15, -0.1) is 6.58 Å². The zero-order valence-corrected chi connectivity index (χ0v) is 24.7. The summed E-state index contributed by atoms with van der Waals surface area (Å²) in [6.07, 6.45) is 1.09. The van der Waals surface area contributed by atoms with E-state index in [1.807, 2.05) is 25.1 Å². The van der Waals surface area contributed by atoms with Crippen LogP contribution in [0.4, 0.5) is 5.69 Å². The number of hydrogen-bond acceptors (Lipinski definition) is 5. The van der Waals surface area contributed by atoms with E-state index in [1.54, 1.807) is 22.5 Å². The molecule has 1 N–H and O–H groups in total. The Labute approximate surface area is 238 Å². The smallest absolute Gasteiger partial charge is 0.264 e. The number of sulfonamides is 1. The molecule has 7 heteroatoms. The van der Waals surface area contributed by atoms with Gasteiger partial charge in [0.15, 0.2) is 0 Å². The molecule has 0 aromatic heterocycles. The van der Waals surface area contributed by atoms with Crippen LogP contribution in [0.15, 0.2) is 78.2 Å². The van der Waals surface area contributed by atoms with E-state index in [1.165, 1.54) is 5.56 Å². The highest BCUT2D eigenvalue weighted by molar-refractivity contribution is 7.92. The summed E-state index contributed by atoms with van der Waals surface area (Å²) in [6.45, 7) is 15.3. The van der Waals surface area contributed by atoms with Crippen molar-refractivity contribution in [3.8, 4) is 16.9 Å². The Balaban J connectivity index is 1.43. The van der Waals surface area contributed by atoms with Gasteiger partial charge in [0.05, 0.1) is 17.2 Å². The summed E-state index contributed by atoms with van der Waals surface area (Å²) in [7, 11) is -3.79. The number of allylic oxidation sites excluding steroid dienone is 1. The first-order valence-corrected chi connectivity index (χ1v) is 15.3. The van der Waals surface area contributed by atoms with Crippen LogP contribution in [0.2, 0.25) is 0 Å². The van der Waals surface area contributed by atoms with Gasteiger partial charge in [-0.3, -0.25) is 4.31 Å². The van der Waals surface area contributed by atoms with Crippen LogP contribution in [0.3, 0.4) is 0 Å². The number of hydrogen-bond donors (Lipinski definition) is 1. The summed E-state index contributed by atoms with van der Waals surface area (Å²) in [5.74, 6) is 0.934. The Kier molecular flexibility index (Phi) is 7.59. The highest BCUT2D eigenvalue weighted by atomic mass is 32.2. The molecular weight excluding hydrogens is 522 g/mol. The second kappa shape index (κ2) is 10.7. The number of fused-ring (bicyclic) bond motifs is 1. The van der Waals surface area contributed by atoms with Crippen molar-refractivity contribution in [3.05, 3.63) is 90.0 Å². The molecule has 212 valence electrons. The van der Waals surface area contributed by atoms with Crippen molar-refractivity contribution in [1.29, 1.82) is 0 Å². The maximum absolute atomic E-state index is 13.9. The van der Waals surface area contributed by atoms with E-state index in [0.717, 1.165) is 22.4 Å². The summed E-state index contributed by atoms with van der Waals surface area (Å²) in [4.78, 5) is 0.233. The predicted molar refractivity (Wildman–Crippen MR) is 160 cm³/mol. The van der Waals surface area contributed by atoms with Crippen molar-refractivity contribution < 1.29 is 23.0 Å². The molecule has 0 radical (unpaired) electrons. The summed E-state index contributed by atoms with van der Waals surface area (Å²) in [6, 6.07) is 19.6. The van der Waals surface area contributed by atoms with Crippen LogP contribution in [0.1, 0.15) is 50.3 Å². The van der Waals surface area contributed by atoms with Crippen LogP contribution in [0, 0.1) is 12.8 Å². The normalized spacial score (nSPS) is 20.8. The van der Waals surface area contributed by atoms with E-state index in [0.29, 0.717) is 24.5 Å². The maximum Gasteiger partial charge on any atom is 0.264 e. The van der Waals surface area contributed by atoms with E-state index in [2.05, 4.69) is 64.6 Å². The van der Waals surface area contributed by atoms with Gasteiger partial charge in [0.25, 0.3) is 10.0 Å². The molecule has 3 atom stereocenters. The summed E-state index contributed by atoms with van der Waals surface area (Å²) >= 11 is 0. The van der Waals surface area contributed by atoms with E-state index in [4.69, 9.17) is 9.47 Å². The van der Waals surface area contributed by atoms with Crippen molar-refractivity contribution in [3.63, 3.8) is 0 Å². The standard InChI is InChI=1S/C33H39NO5S/c1-7-33(5,6)25-11-8-23(9-12-25)24-10-14-29-27(17-24)28(21(2)3)18-34(29)40(36,37)26-13-15-31(22(4)16-26)39-20-32-30(35)19-38-32/h7-17,21,28,30,32,35H,1,18-20H2,2-6H3. The molecule has 3 unspecified atom stereocenters. The van der Waals surface area contributed by atoms with Gasteiger partial charge in [0.2, 0.25) is 0 Å². The molecule has 3 aromatic carbocycles. The number of anilines is 1. The van der Waals surface area contributed by atoms with Crippen LogP contribution in [-0.2, 0) is 20.2 Å². The van der Waals surface area contributed by atoms with Crippen molar-refractivity contribution >= 4 is 15.7 Å². The maximum atomic E-state index is 13.9. The SMILES string of the molecule is C=CC(C)(C)c1ccc(-c2ccc3c(c2)C(C(C)C)CN3S(=O)(=O)c2ccc(OCC3OCC3O)c(C)c2)cc1. The van der Waals surface area contributed by atoms with Crippen LogP contribution in [0.5, 0.6) is 5.75 Å². The van der Waals surface area contributed by atoms with Gasteiger partial charge in [0, 0.05) is 17.9 Å². The van der Waals surface area contributed by atoms with Gasteiger partial charge < -0.3 is 14.6 Å². The fourth-order valence-electron chi connectivity index (χ4n) is 5.36. The third-order valence-corrected chi connectivity index (χ3v) is 10.2. The third kappa shape index (κ3) is 5.18. The number of rotatable bonds is 9. The lowest BCUT2D eigenvalue weighted by atomic mass is 9.84. The minimum atomic E-state index is -3.79. The fraction of sp³-hybridized carbons (Fsp3) is 0.394. The molecule has 0 saturated carbocycles. The van der Waals surface area contributed by atoms with Gasteiger partial charge in [-0.25, -0.2) is 8.42 Å².